The molecule has 2 aromatic rings. The average Bonchev–Trinajstić information content (AvgIpc) is 2.44. The zero-order valence-electron chi connectivity index (χ0n) is 10.4. The smallest absolute Gasteiger partial charge is 0.319 e. The second kappa shape index (κ2) is 5.81. The number of fused-ring (bicyclic) bond motifs is 1. The third kappa shape index (κ3) is 3.41. The maximum atomic E-state index is 11.6. The highest BCUT2D eigenvalue weighted by atomic mass is 16.2. The number of amides is 3. The van der Waals surface area contributed by atoms with Gasteiger partial charge >= 0.3 is 6.03 Å². The standard InChI is InChI=1S/C13H14N4O2/c1-14-12(18)8-16-13(19)17-11-3-2-10-7-15-5-4-9(10)6-11/h2-7H,8H2,1H3,(H,14,18)(H2,16,17,19). The molecule has 19 heavy (non-hydrogen) atoms. The zero-order chi connectivity index (χ0) is 13.7. The molecule has 0 radical (unpaired) electrons. The van der Waals surface area contributed by atoms with Crippen molar-refractivity contribution in [2.24, 2.45) is 0 Å². The third-order valence-electron chi connectivity index (χ3n) is 2.59. The van der Waals surface area contributed by atoms with Crippen molar-refractivity contribution in [1.82, 2.24) is 15.6 Å². The molecule has 6 nitrogen and oxygen atoms in total. The van der Waals surface area contributed by atoms with Gasteiger partial charge in [0.2, 0.25) is 5.91 Å². The molecule has 0 bridgehead atoms. The van der Waals surface area contributed by atoms with Crippen molar-refractivity contribution in [3.05, 3.63) is 36.7 Å². The summed E-state index contributed by atoms with van der Waals surface area (Å²) in [6, 6.07) is 6.94. The number of hydrogen-bond donors (Lipinski definition) is 3. The van der Waals surface area contributed by atoms with E-state index in [0.717, 1.165) is 10.8 Å². The largest absolute Gasteiger partial charge is 0.358 e. The quantitative estimate of drug-likeness (QED) is 0.771. The van der Waals surface area contributed by atoms with Gasteiger partial charge in [0.1, 0.15) is 0 Å². The van der Waals surface area contributed by atoms with Gasteiger partial charge in [-0.15, -0.1) is 0 Å². The number of anilines is 1. The van der Waals surface area contributed by atoms with E-state index in [1.165, 1.54) is 7.05 Å². The molecule has 3 N–H and O–H groups in total. The number of nitrogens with zero attached hydrogens (tertiary/aromatic N) is 1. The summed E-state index contributed by atoms with van der Waals surface area (Å²) in [6.45, 7) is -0.0557. The Hall–Kier alpha value is -2.63. The number of pyridine rings is 1. The molecule has 0 aliphatic carbocycles. The van der Waals surface area contributed by atoms with Gasteiger partial charge in [-0.2, -0.15) is 0 Å². The van der Waals surface area contributed by atoms with Crippen molar-refractivity contribution < 1.29 is 9.59 Å². The predicted octanol–water partition coefficient (Wildman–Crippen LogP) is 1.10. The SMILES string of the molecule is CNC(=O)CNC(=O)Nc1ccc2cnccc2c1. The number of carbonyl (C=O) groups is 2. The van der Waals surface area contributed by atoms with Crippen LogP contribution >= 0.6 is 0 Å². The number of benzene rings is 1. The molecule has 3 amide bonds. The molecular formula is C13H14N4O2. The van der Waals surface area contributed by atoms with Crippen molar-refractivity contribution in [2.75, 3.05) is 18.9 Å². The molecule has 1 aromatic heterocycles. The Morgan fingerprint density at radius 3 is 2.84 bits per heavy atom. The predicted molar refractivity (Wildman–Crippen MR) is 72.8 cm³/mol. The molecule has 0 aliphatic rings. The lowest BCUT2D eigenvalue weighted by Crippen LogP contribution is -2.37. The van der Waals surface area contributed by atoms with Crippen molar-refractivity contribution in [3.63, 3.8) is 0 Å². The molecule has 0 saturated heterocycles. The lowest BCUT2D eigenvalue weighted by Gasteiger charge is -2.07. The van der Waals surface area contributed by atoms with Gasteiger partial charge < -0.3 is 16.0 Å². The highest BCUT2D eigenvalue weighted by molar-refractivity contribution is 5.94. The molecule has 0 aliphatic heterocycles. The van der Waals surface area contributed by atoms with Crippen LogP contribution in [0.15, 0.2) is 36.7 Å². The van der Waals surface area contributed by atoms with Crippen LogP contribution in [0.5, 0.6) is 0 Å². The summed E-state index contributed by atoms with van der Waals surface area (Å²) < 4.78 is 0. The van der Waals surface area contributed by atoms with Gasteiger partial charge in [-0.05, 0) is 23.6 Å². The summed E-state index contributed by atoms with van der Waals surface area (Å²) in [5, 5.41) is 9.52. The van der Waals surface area contributed by atoms with E-state index < -0.39 is 6.03 Å². The fourth-order valence-corrected chi connectivity index (χ4v) is 1.59. The fraction of sp³-hybridized carbons (Fsp3) is 0.154. The van der Waals surface area contributed by atoms with Crippen LogP contribution in [0.2, 0.25) is 0 Å². The van der Waals surface area contributed by atoms with Crippen molar-refractivity contribution >= 4 is 28.4 Å². The van der Waals surface area contributed by atoms with Crippen LogP contribution in [0.1, 0.15) is 0 Å². The number of carbonyl (C=O) groups excluding carboxylic acids is 2. The molecule has 0 fully saturated rings. The summed E-state index contributed by atoms with van der Waals surface area (Å²) in [7, 11) is 1.51. The normalized spacial score (nSPS) is 9.95. The topological polar surface area (TPSA) is 83.1 Å². The van der Waals surface area contributed by atoms with E-state index >= 15 is 0 Å². The Labute approximate surface area is 110 Å². The summed E-state index contributed by atoms with van der Waals surface area (Å²) in [6.07, 6.45) is 3.45. The first-order chi connectivity index (χ1) is 9.19. The number of nitrogens with one attached hydrogen (secondary N) is 3. The molecule has 0 saturated carbocycles. The van der Waals surface area contributed by atoms with Gasteiger partial charge in [-0.25, -0.2) is 4.79 Å². The molecule has 0 unspecified atom stereocenters. The first kappa shape index (κ1) is 12.8. The maximum Gasteiger partial charge on any atom is 0.319 e. The first-order valence-electron chi connectivity index (χ1n) is 5.78. The van der Waals surface area contributed by atoms with Crippen LogP contribution in [0.4, 0.5) is 10.5 Å². The molecule has 0 spiro atoms. The van der Waals surface area contributed by atoms with Crippen molar-refractivity contribution in [2.45, 2.75) is 0 Å². The zero-order valence-corrected chi connectivity index (χ0v) is 10.4. The van der Waals surface area contributed by atoms with Crippen LogP contribution in [0.25, 0.3) is 10.8 Å². The van der Waals surface area contributed by atoms with Crippen molar-refractivity contribution in [1.29, 1.82) is 0 Å². The van der Waals surface area contributed by atoms with E-state index in [2.05, 4.69) is 20.9 Å². The van der Waals surface area contributed by atoms with Crippen molar-refractivity contribution in [3.8, 4) is 0 Å². The molecule has 98 valence electrons. The number of likely N-dealkylation sites (N-methyl/N-ethyl adjacent to an activating group) is 1. The summed E-state index contributed by atoms with van der Waals surface area (Å²) in [5.41, 5.74) is 0.660. The van der Waals surface area contributed by atoms with Gasteiger partial charge in [-0.3, -0.25) is 9.78 Å². The number of urea groups is 1. The minimum atomic E-state index is -0.419. The first-order valence-corrected chi connectivity index (χ1v) is 5.78. The van der Waals surface area contributed by atoms with Gasteiger partial charge in [0.05, 0.1) is 6.54 Å². The van der Waals surface area contributed by atoms with E-state index in [-0.39, 0.29) is 12.5 Å². The van der Waals surface area contributed by atoms with Gasteiger partial charge in [0.15, 0.2) is 0 Å². The average molecular weight is 258 g/mol. The minimum absolute atomic E-state index is 0.0557. The number of aromatic nitrogens is 1. The highest BCUT2D eigenvalue weighted by Gasteiger charge is 2.04. The second-order valence-electron chi connectivity index (χ2n) is 3.92. The van der Waals surface area contributed by atoms with E-state index in [4.69, 9.17) is 0 Å². The second-order valence-corrected chi connectivity index (χ2v) is 3.92. The summed E-state index contributed by atoms with van der Waals surface area (Å²) in [4.78, 5) is 26.6. The Morgan fingerprint density at radius 2 is 2.05 bits per heavy atom. The van der Waals surface area contributed by atoms with Crippen LogP contribution in [0.3, 0.4) is 0 Å². The Morgan fingerprint density at radius 1 is 1.21 bits per heavy atom. The fourth-order valence-electron chi connectivity index (χ4n) is 1.59. The summed E-state index contributed by atoms with van der Waals surface area (Å²) >= 11 is 0. The van der Waals surface area contributed by atoms with Gasteiger partial charge in [0, 0.05) is 30.5 Å². The van der Waals surface area contributed by atoms with E-state index in [9.17, 15) is 9.59 Å². The Bertz CT molecular complexity index is 612. The monoisotopic (exact) mass is 258 g/mol. The van der Waals surface area contributed by atoms with Crippen LogP contribution in [-0.4, -0.2) is 30.5 Å². The van der Waals surface area contributed by atoms with E-state index in [1.807, 2.05) is 18.2 Å². The van der Waals surface area contributed by atoms with Crippen LogP contribution < -0.4 is 16.0 Å². The molecular weight excluding hydrogens is 244 g/mol. The van der Waals surface area contributed by atoms with E-state index in [1.54, 1.807) is 18.5 Å². The van der Waals surface area contributed by atoms with E-state index in [0.29, 0.717) is 5.69 Å². The lowest BCUT2D eigenvalue weighted by molar-refractivity contribution is -0.119. The highest BCUT2D eigenvalue weighted by Crippen LogP contribution is 2.17. The molecule has 6 heteroatoms. The minimum Gasteiger partial charge on any atom is -0.358 e. The molecule has 0 atom stereocenters. The summed E-state index contributed by atoms with van der Waals surface area (Å²) in [5.74, 6) is -0.250. The molecule has 2 rings (SSSR count). The lowest BCUT2D eigenvalue weighted by atomic mass is 10.1. The third-order valence-corrected chi connectivity index (χ3v) is 2.59. The van der Waals surface area contributed by atoms with Gasteiger partial charge in [-0.1, -0.05) is 6.07 Å². The number of rotatable bonds is 3. The Kier molecular flexibility index (Phi) is 3.92. The number of hydrogen-bond acceptors (Lipinski definition) is 3. The molecule has 1 heterocycles. The maximum absolute atomic E-state index is 11.6. The Balaban J connectivity index is 2.01. The van der Waals surface area contributed by atoms with Gasteiger partial charge in [0.25, 0.3) is 0 Å². The van der Waals surface area contributed by atoms with Crippen LogP contribution in [-0.2, 0) is 4.79 Å². The van der Waals surface area contributed by atoms with Crippen LogP contribution in [0, 0.1) is 0 Å². The molecule has 1 aromatic carbocycles.